The summed E-state index contributed by atoms with van der Waals surface area (Å²) in [6.45, 7) is 7.20. The van der Waals surface area contributed by atoms with Gasteiger partial charge in [-0.2, -0.15) is 19.9 Å². The lowest BCUT2D eigenvalue weighted by molar-refractivity contribution is 0.631. The van der Waals surface area contributed by atoms with Crippen molar-refractivity contribution in [1.29, 1.82) is 5.26 Å². The highest BCUT2D eigenvalue weighted by molar-refractivity contribution is 6.33. The van der Waals surface area contributed by atoms with Crippen LogP contribution in [0.2, 0.25) is 5.02 Å². The van der Waals surface area contributed by atoms with Crippen molar-refractivity contribution in [2.45, 2.75) is 13.8 Å². The van der Waals surface area contributed by atoms with E-state index < -0.39 is 0 Å². The topological polar surface area (TPSA) is 86.2 Å². The maximum atomic E-state index is 8.95. The summed E-state index contributed by atoms with van der Waals surface area (Å²) in [6.07, 6.45) is 3.09. The molecular formula is C17H17ClN8. The van der Waals surface area contributed by atoms with Gasteiger partial charge in [0.2, 0.25) is 0 Å². The third-order valence-electron chi connectivity index (χ3n) is 4.71. The van der Waals surface area contributed by atoms with E-state index >= 15 is 0 Å². The Bertz CT molecular complexity index is 1010. The Balaban J connectivity index is 1.59. The van der Waals surface area contributed by atoms with Crippen molar-refractivity contribution < 1.29 is 0 Å². The molecular weight excluding hydrogens is 352 g/mol. The summed E-state index contributed by atoms with van der Waals surface area (Å²) in [7, 11) is 0. The van der Waals surface area contributed by atoms with Gasteiger partial charge in [-0.15, -0.1) is 0 Å². The molecule has 0 aromatic carbocycles. The number of piperazine rings is 1. The Morgan fingerprint density at radius 2 is 1.85 bits per heavy atom. The molecule has 4 heterocycles. The summed E-state index contributed by atoms with van der Waals surface area (Å²) in [5.41, 5.74) is 2.53. The number of halogens is 1. The highest BCUT2D eigenvalue weighted by Gasteiger charge is 2.24. The van der Waals surface area contributed by atoms with Crippen LogP contribution in [0.4, 0.5) is 11.6 Å². The van der Waals surface area contributed by atoms with Crippen molar-refractivity contribution >= 4 is 29.0 Å². The van der Waals surface area contributed by atoms with Crippen molar-refractivity contribution in [3.05, 3.63) is 40.4 Å². The van der Waals surface area contributed by atoms with Crippen molar-refractivity contribution in [3.8, 4) is 6.07 Å². The van der Waals surface area contributed by atoms with Gasteiger partial charge in [0.15, 0.2) is 0 Å². The van der Waals surface area contributed by atoms with Crippen LogP contribution < -0.4 is 9.80 Å². The second-order valence-corrected chi connectivity index (χ2v) is 6.64. The van der Waals surface area contributed by atoms with Crippen LogP contribution in [0, 0.1) is 25.2 Å². The van der Waals surface area contributed by atoms with Gasteiger partial charge in [0.1, 0.15) is 24.0 Å². The van der Waals surface area contributed by atoms with Gasteiger partial charge in [-0.05, 0) is 19.9 Å². The number of aromatic nitrogens is 5. The quantitative estimate of drug-likeness (QED) is 0.683. The molecule has 0 radical (unpaired) electrons. The number of nitrogens with zero attached hydrogens (tertiary/aromatic N) is 8. The van der Waals surface area contributed by atoms with Gasteiger partial charge in [-0.1, -0.05) is 11.6 Å². The summed E-state index contributed by atoms with van der Waals surface area (Å²) in [5.74, 6) is 2.37. The predicted molar refractivity (Wildman–Crippen MR) is 98.6 cm³/mol. The number of pyridine rings is 1. The van der Waals surface area contributed by atoms with E-state index in [-0.39, 0.29) is 0 Å². The third kappa shape index (κ3) is 2.70. The molecule has 132 valence electrons. The normalized spacial score (nSPS) is 14.7. The first kappa shape index (κ1) is 16.5. The summed E-state index contributed by atoms with van der Waals surface area (Å²) >= 11 is 6.30. The van der Waals surface area contributed by atoms with Gasteiger partial charge in [0.25, 0.3) is 5.78 Å². The molecule has 9 heteroatoms. The number of nitriles is 1. The first-order valence-electron chi connectivity index (χ1n) is 8.31. The molecule has 26 heavy (non-hydrogen) atoms. The van der Waals surface area contributed by atoms with Crippen molar-refractivity contribution in [3.63, 3.8) is 0 Å². The average Bonchev–Trinajstić information content (AvgIpc) is 3.10. The molecule has 3 aromatic rings. The van der Waals surface area contributed by atoms with Crippen LogP contribution in [-0.4, -0.2) is 50.7 Å². The Morgan fingerprint density at radius 3 is 2.54 bits per heavy atom. The molecule has 1 saturated heterocycles. The standard InChI is InChI=1S/C17H17ClN8/c1-11-12(2)23-17-21-10-22-26(17)16(11)25-5-3-24(4-6-25)15-14(18)7-13(8-19)9-20-15/h7,9-10H,3-6H2,1-2H3. The number of hydrogen-bond donors (Lipinski definition) is 0. The van der Waals surface area contributed by atoms with Crippen LogP contribution in [0.5, 0.6) is 0 Å². The minimum absolute atomic E-state index is 0.467. The summed E-state index contributed by atoms with van der Waals surface area (Å²) in [4.78, 5) is 17.5. The Labute approximate surface area is 155 Å². The van der Waals surface area contributed by atoms with Gasteiger partial charge in [-0.25, -0.2) is 9.97 Å². The van der Waals surface area contributed by atoms with Crippen LogP contribution in [0.3, 0.4) is 0 Å². The highest BCUT2D eigenvalue weighted by atomic mass is 35.5. The molecule has 4 rings (SSSR count). The molecule has 0 spiro atoms. The fraction of sp³-hybridized carbons (Fsp3) is 0.353. The second-order valence-electron chi connectivity index (χ2n) is 6.23. The van der Waals surface area contributed by atoms with Crippen LogP contribution in [0.15, 0.2) is 18.6 Å². The molecule has 0 bridgehead atoms. The number of fused-ring (bicyclic) bond motifs is 1. The summed E-state index contributed by atoms with van der Waals surface area (Å²) in [5, 5.41) is 13.8. The minimum atomic E-state index is 0.467. The van der Waals surface area contributed by atoms with E-state index in [2.05, 4.69) is 42.8 Å². The van der Waals surface area contributed by atoms with E-state index in [1.807, 2.05) is 6.92 Å². The maximum absolute atomic E-state index is 8.95. The predicted octanol–water partition coefficient (Wildman–Crippen LogP) is 1.99. The molecule has 3 aromatic heterocycles. The van der Waals surface area contributed by atoms with Crippen LogP contribution in [-0.2, 0) is 0 Å². The lowest BCUT2D eigenvalue weighted by atomic mass is 10.2. The van der Waals surface area contributed by atoms with Gasteiger partial charge < -0.3 is 9.80 Å². The smallest absolute Gasteiger partial charge is 0.254 e. The summed E-state index contributed by atoms with van der Waals surface area (Å²) < 4.78 is 1.80. The lowest BCUT2D eigenvalue weighted by Crippen LogP contribution is -2.47. The van der Waals surface area contributed by atoms with Gasteiger partial charge in [0.05, 0.1) is 10.6 Å². The monoisotopic (exact) mass is 368 g/mol. The molecule has 0 atom stereocenters. The zero-order valence-electron chi connectivity index (χ0n) is 14.5. The van der Waals surface area contributed by atoms with Crippen LogP contribution >= 0.6 is 11.6 Å². The third-order valence-corrected chi connectivity index (χ3v) is 4.98. The van der Waals surface area contributed by atoms with E-state index in [1.54, 1.807) is 16.8 Å². The molecule has 0 amide bonds. The van der Waals surface area contributed by atoms with Gasteiger partial charge in [-0.3, -0.25) is 0 Å². The molecule has 0 saturated carbocycles. The van der Waals surface area contributed by atoms with Crippen LogP contribution in [0.1, 0.15) is 16.8 Å². The largest absolute Gasteiger partial charge is 0.353 e. The molecule has 1 fully saturated rings. The van der Waals surface area contributed by atoms with E-state index in [9.17, 15) is 0 Å². The Kier molecular flexibility index (Phi) is 4.09. The first-order valence-corrected chi connectivity index (χ1v) is 8.68. The highest BCUT2D eigenvalue weighted by Crippen LogP contribution is 2.28. The van der Waals surface area contributed by atoms with Crippen molar-refractivity contribution in [2.24, 2.45) is 0 Å². The van der Waals surface area contributed by atoms with E-state index in [4.69, 9.17) is 16.9 Å². The molecule has 0 N–H and O–H groups in total. The average molecular weight is 369 g/mol. The fourth-order valence-corrected chi connectivity index (χ4v) is 3.53. The van der Waals surface area contributed by atoms with E-state index in [0.29, 0.717) is 16.4 Å². The van der Waals surface area contributed by atoms with Crippen molar-refractivity contribution in [2.75, 3.05) is 36.0 Å². The van der Waals surface area contributed by atoms with E-state index in [1.165, 1.54) is 6.33 Å². The summed E-state index contributed by atoms with van der Waals surface area (Å²) in [6, 6.07) is 3.72. The van der Waals surface area contributed by atoms with Gasteiger partial charge in [0, 0.05) is 43.6 Å². The Hall–Kier alpha value is -2.92. The van der Waals surface area contributed by atoms with Gasteiger partial charge >= 0.3 is 0 Å². The molecule has 0 aliphatic carbocycles. The first-order chi connectivity index (χ1) is 12.6. The second kappa shape index (κ2) is 6.42. The fourth-order valence-electron chi connectivity index (χ4n) is 3.24. The molecule has 8 nitrogen and oxygen atoms in total. The minimum Gasteiger partial charge on any atom is -0.353 e. The lowest BCUT2D eigenvalue weighted by Gasteiger charge is -2.37. The maximum Gasteiger partial charge on any atom is 0.254 e. The number of hydrogen-bond acceptors (Lipinski definition) is 7. The SMILES string of the molecule is Cc1nc2ncnn2c(N2CCN(c3ncc(C#N)cc3Cl)CC2)c1C. The zero-order valence-corrected chi connectivity index (χ0v) is 15.3. The van der Waals surface area contributed by atoms with Crippen molar-refractivity contribution in [1.82, 2.24) is 24.6 Å². The van der Waals surface area contributed by atoms with E-state index in [0.717, 1.165) is 49.1 Å². The number of aryl methyl sites for hydroxylation is 1. The number of anilines is 2. The molecule has 1 aliphatic heterocycles. The van der Waals surface area contributed by atoms with Crippen LogP contribution in [0.25, 0.3) is 5.78 Å². The Morgan fingerprint density at radius 1 is 1.12 bits per heavy atom. The molecule has 1 aliphatic rings. The molecule has 0 unspecified atom stereocenters. The zero-order chi connectivity index (χ0) is 18.3. The number of rotatable bonds is 2.